The van der Waals surface area contributed by atoms with Crippen LogP contribution in [0.2, 0.25) is 0 Å². The van der Waals surface area contributed by atoms with Crippen LogP contribution in [0.15, 0.2) is 4.99 Å². The van der Waals surface area contributed by atoms with E-state index < -0.39 is 41.0 Å². The van der Waals surface area contributed by atoms with Gasteiger partial charge in [-0.25, -0.2) is 14.4 Å². The molecule has 2 amide bonds. The van der Waals surface area contributed by atoms with Gasteiger partial charge in [0.05, 0.1) is 19.0 Å². The summed E-state index contributed by atoms with van der Waals surface area (Å²) in [4.78, 5) is 38.8. The van der Waals surface area contributed by atoms with Crippen LogP contribution in [0.25, 0.3) is 0 Å². The maximum absolute atomic E-state index is 11.9. The Balaban J connectivity index is 2.53. The van der Waals surface area contributed by atoms with E-state index in [0.717, 1.165) is 6.34 Å². The fraction of sp³-hybridized carbons (Fsp3) is 0.765. The molecule has 4 N–H and O–H groups in total. The van der Waals surface area contributed by atoms with Crippen molar-refractivity contribution < 1.29 is 34.1 Å². The Bertz CT molecular complexity index is 598. The first kappa shape index (κ1) is 22.7. The van der Waals surface area contributed by atoms with E-state index in [-0.39, 0.29) is 13.0 Å². The van der Waals surface area contributed by atoms with Gasteiger partial charge in [-0.15, -0.1) is 0 Å². The zero-order valence-electron chi connectivity index (χ0n) is 16.4. The van der Waals surface area contributed by atoms with Gasteiger partial charge in [-0.2, -0.15) is 0 Å². The van der Waals surface area contributed by atoms with Crippen molar-refractivity contribution >= 4 is 24.5 Å². The smallest absolute Gasteiger partial charge is 0.412 e. The molecular formula is C17H29N3O7. The first-order valence-electron chi connectivity index (χ1n) is 8.69. The molecule has 1 saturated carbocycles. The number of ether oxygens (including phenoxy) is 2. The summed E-state index contributed by atoms with van der Waals surface area (Å²) in [6.45, 7) is 8.36. The molecule has 0 aromatic heterocycles. The molecule has 0 bridgehead atoms. The highest BCUT2D eigenvalue weighted by Crippen LogP contribution is 2.33. The lowest BCUT2D eigenvalue weighted by molar-refractivity contribution is -0.146. The summed E-state index contributed by atoms with van der Waals surface area (Å²) < 4.78 is 10.3. The topological polar surface area (TPSA) is 147 Å². The van der Waals surface area contributed by atoms with Crippen molar-refractivity contribution in [3.05, 3.63) is 0 Å². The van der Waals surface area contributed by atoms with Gasteiger partial charge in [-0.1, -0.05) is 0 Å². The molecular weight excluding hydrogens is 358 g/mol. The highest BCUT2D eigenvalue weighted by Gasteiger charge is 2.48. The van der Waals surface area contributed by atoms with Gasteiger partial charge in [0.25, 0.3) is 0 Å². The van der Waals surface area contributed by atoms with Gasteiger partial charge in [0.15, 0.2) is 5.54 Å². The average Bonchev–Trinajstić information content (AvgIpc) is 2.85. The van der Waals surface area contributed by atoms with Crippen molar-refractivity contribution in [3.8, 4) is 0 Å². The van der Waals surface area contributed by atoms with Crippen LogP contribution in [0, 0.1) is 0 Å². The number of amides is 2. The number of carboxylic acid groups (broad SMARTS) is 1. The first-order chi connectivity index (χ1) is 12.3. The van der Waals surface area contributed by atoms with Gasteiger partial charge in [0.2, 0.25) is 0 Å². The van der Waals surface area contributed by atoms with Crippen molar-refractivity contribution in [2.45, 2.75) is 76.7 Å². The maximum atomic E-state index is 11.9. The van der Waals surface area contributed by atoms with E-state index in [1.165, 1.54) is 0 Å². The number of hydrogen-bond acceptors (Lipinski definition) is 7. The molecule has 1 fully saturated rings. The summed E-state index contributed by atoms with van der Waals surface area (Å²) in [5.74, 6) is -1.25. The third-order valence-electron chi connectivity index (χ3n) is 3.86. The van der Waals surface area contributed by atoms with E-state index in [1.54, 1.807) is 34.6 Å². The molecule has 0 spiro atoms. The number of carbonyl (C=O) groups excluding carboxylic acids is 2. The van der Waals surface area contributed by atoms with Gasteiger partial charge in [-0.3, -0.25) is 10.3 Å². The minimum absolute atomic E-state index is 0.00422. The third kappa shape index (κ3) is 7.05. The number of aliphatic hydroxyl groups excluding tert-OH is 1. The van der Waals surface area contributed by atoms with Crippen LogP contribution in [0.5, 0.6) is 0 Å². The van der Waals surface area contributed by atoms with Gasteiger partial charge in [0.1, 0.15) is 11.2 Å². The zero-order valence-corrected chi connectivity index (χ0v) is 16.4. The Morgan fingerprint density at radius 2 is 1.81 bits per heavy atom. The number of aliphatic hydroxyl groups is 1. The SMILES string of the molecule is CC(C)(C)OC(=O)NCC(C)(C)OC(=O)NC=NC1(C(=O)O)CCCC1O. The number of aliphatic carboxylic acids is 1. The number of hydrogen-bond donors (Lipinski definition) is 4. The lowest BCUT2D eigenvalue weighted by Crippen LogP contribution is -2.46. The lowest BCUT2D eigenvalue weighted by Gasteiger charge is -2.26. The Morgan fingerprint density at radius 3 is 2.30 bits per heavy atom. The van der Waals surface area contributed by atoms with Gasteiger partial charge in [-0.05, 0) is 53.9 Å². The Hall–Kier alpha value is -2.36. The van der Waals surface area contributed by atoms with Crippen molar-refractivity contribution in [2.75, 3.05) is 6.54 Å². The highest BCUT2D eigenvalue weighted by atomic mass is 16.6. The second kappa shape index (κ2) is 8.55. The highest BCUT2D eigenvalue weighted by molar-refractivity contribution is 5.86. The number of nitrogens with zero attached hydrogens (tertiary/aromatic N) is 1. The normalized spacial score (nSPS) is 23.1. The van der Waals surface area contributed by atoms with Crippen molar-refractivity contribution in [2.24, 2.45) is 4.99 Å². The Morgan fingerprint density at radius 1 is 1.19 bits per heavy atom. The molecule has 2 unspecified atom stereocenters. The molecule has 10 heteroatoms. The fourth-order valence-electron chi connectivity index (χ4n) is 2.54. The fourth-order valence-corrected chi connectivity index (χ4v) is 2.54. The van der Waals surface area contributed by atoms with Crippen LogP contribution in [0.4, 0.5) is 9.59 Å². The Labute approximate surface area is 158 Å². The van der Waals surface area contributed by atoms with E-state index in [9.17, 15) is 24.6 Å². The average molecular weight is 387 g/mol. The van der Waals surface area contributed by atoms with E-state index in [2.05, 4.69) is 15.6 Å². The monoisotopic (exact) mass is 387 g/mol. The zero-order chi connectivity index (χ0) is 20.9. The predicted molar refractivity (Wildman–Crippen MR) is 96.6 cm³/mol. The first-order valence-corrected chi connectivity index (χ1v) is 8.69. The van der Waals surface area contributed by atoms with Crippen molar-refractivity contribution in [3.63, 3.8) is 0 Å². The summed E-state index contributed by atoms with van der Waals surface area (Å²) in [5.41, 5.74) is -3.35. The van der Waals surface area contributed by atoms with E-state index in [4.69, 9.17) is 9.47 Å². The van der Waals surface area contributed by atoms with E-state index >= 15 is 0 Å². The molecule has 10 nitrogen and oxygen atoms in total. The third-order valence-corrected chi connectivity index (χ3v) is 3.86. The largest absolute Gasteiger partial charge is 0.479 e. The number of nitrogens with one attached hydrogen (secondary N) is 2. The molecule has 1 aliphatic rings. The van der Waals surface area contributed by atoms with E-state index in [1.807, 2.05) is 0 Å². The molecule has 27 heavy (non-hydrogen) atoms. The van der Waals surface area contributed by atoms with Crippen molar-refractivity contribution in [1.82, 2.24) is 10.6 Å². The van der Waals surface area contributed by atoms with Crippen LogP contribution in [0.1, 0.15) is 53.9 Å². The molecule has 0 aliphatic heterocycles. The summed E-state index contributed by atoms with van der Waals surface area (Å²) in [7, 11) is 0. The number of rotatable bonds is 6. The van der Waals surface area contributed by atoms with Crippen LogP contribution in [-0.2, 0) is 14.3 Å². The van der Waals surface area contributed by atoms with Gasteiger partial charge in [0, 0.05) is 0 Å². The second-order valence-corrected chi connectivity index (χ2v) is 8.04. The van der Waals surface area contributed by atoms with Crippen molar-refractivity contribution in [1.29, 1.82) is 0 Å². The van der Waals surface area contributed by atoms with Gasteiger partial charge < -0.3 is 25.0 Å². The molecule has 0 aromatic rings. The second-order valence-electron chi connectivity index (χ2n) is 8.04. The Kier molecular flexibility index (Phi) is 7.18. The summed E-state index contributed by atoms with van der Waals surface area (Å²) >= 11 is 0. The van der Waals surface area contributed by atoms with Crippen LogP contribution < -0.4 is 10.6 Å². The maximum Gasteiger partial charge on any atom is 0.412 e. The molecule has 2 atom stereocenters. The van der Waals surface area contributed by atoms with Crippen LogP contribution in [-0.4, -0.2) is 64.1 Å². The molecule has 0 saturated heterocycles. The summed E-state index contributed by atoms with van der Waals surface area (Å²) in [6, 6.07) is 0. The molecule has 0 radical (unpaired) electrons. The van der Waals surface area contributed by atoms with E-state index in [0.29, 0.717) is 12.8 Å². The molecule has 0 heterocycles. The quantitative estimate of drug-likeness (QED) is 0.398. The molecule has 1 rings (SSSR count). The standard InChI is InChI=1S/C17H29N3O7/c1-15(2,3)26-13(24)18-9-16(4,5)27-14(25)19-10-20-17(12(22)23)8-6-7-11(17)21/h10-11,21H,6-9H2,1-5H3,(H,18,24)(H,22,23)(H,19,20,25). The molecule has 154 valence electrons. The molecule has 1 aliphatic carbocycles. The van der Waals surface area contributed by atoms with Crippen LogP contribution >= 0.6 is 0 Å². The van der Waals surface area contributed by atoms with Crippen LogP contribution in [0.3, 0.4) is 0 Å². The molecule has 0 aromatic carbocycles. The lowest BCUT2D eigenvalue weighted by atomic mass is 9.96. The number of alkyl carbamates (subject to hydrolysis) is 2. The number of aliphatic imine (C=N–C) groups is 1. The summed E-state index contributed by atoms with van der Waals surface area (Å²) in [5, 5.41) is 23.9. The minimum atomic E-state index is -1.65. The summed E-state index contributed by atoms with van der Waals surface area (Å²) in [6.07, 6.45) is -0.665. The van der Waals surface area contributed by atoms with Gasteiger partial charge >= 0.3 is 18.2 Å². The minimum Gasteiger partial charge on any atom is -0.479 e. The number of carboxylic acids is 1. The number of carbonyl (C=O) groups is 3. The predicted octanol–water partition coefficient (Wildman–Crippen LogP) is 1.41.